The lowest BCUT2D eigenvalue weighted by Gasteiger charge is -2.02. The molecule has 1 saturated carbocycles. The number of hydrogen-bond donors (Lipinski definition) is 1. The second-order valence-electron chi connectivity index (χ2n) is 4.10. The Hall–Kier alpha value is -1.14. The van der Waals surface area contributed by atoms with Crippen LogP contribution >= 0.6 is 0 Å². The number of hydrogen-bond acceptors (Lipinski definition) is 4. The van der Waals surface area contributed by atoms with E-state index < -0.39 is 10.0 Å². The van der Waals surface area contributed by atoms with E-state index in [0.29, 0.717) is 24.7 Å². The number of nitrogens with one attached hydrogen (secondary N) is 1. The van der Waals surface area contributed by atoms with E-state index in [1.54, 1.807) is 0 Å². The van der Waals surface area contributed by atoms with Crippen molar-refractivity contribution in [2.45, 2.75) is 18.4 Å². The van der Waals surface area contributed by atoms with Crippen molar-refractivity contribution in [3.05, 3.63) is 17.9 Å². The zero-order chi connectivity index (χ0) is 11.8. The molecule has 0 aromatic carbocycles. The molecule has 0 amide bonds. The van der Waals surface area contributed by atoms with Crippen LogP contribution in [0.5, 0.6) is 0 Å². The van der Waals surface area contributed by atoms with Crippen LogP contribution in [0.1, 0.15) is 23.9 Å². The van der Waals surface area contributed by atoms with E-state index in [2.05, 4.69) is 11.6 Å². The van der Waals surface area contributed by atoms with Gasteiger partial charge in [-0.2, -0.15) is 0 Å². The molecule has 0 spiro atoms. The standard InChI is InChI=1S/C10H13NO4S/c1-7-4-8(7)5-11-16(13,14)10-3-2-9(6-12)15-10/h2-3,6-8,11H,4-5H2,1H3. The van der Waals surface area contributed by atoms with Crippen LogP contribution in [0.15, 0.2) is 21.6 Å². The Morgan fingerprint density at radius 2 is 2.25 bits per heavy atom. The molecule has 1 aromatic rings. The maximum Gasteiger partial charge on any atom is 0.273 e. The Morgan fingerprint density at radius 3 is 2.75 bits per heavy atom. The fraction of sp³-hybridized carbons (Fsp3) is 0.500. The van der Waals surface area contributed by atoms with Gasteiger partial charge in [0.2, 0.25) is 5.09 Å². The van der Waals surface area contributed by atoms with E-state index in [9.17, 15) is 13.2 Å². The molecule has 2 atom stereocenters. The van der Waals surface area contributed by atoms with E-state index in [1.807, 2.05) is 0 Å². The van der Waals surface area contributed by atoms with Crippen molar-refractivity contribution in [1.82, 2.24) is 4.72 Å². The van der Waals surface area contributed by atoms with Crippen LogP contribution in [0.25, 0.3) is 0 Å². The molecule has 0 radical (unpaired) electrons. The smallest absolute Gasteiger partial charge is 0.273 e. The third kappa shape index (κ3) is 2.33. The van der Waals surface area contributed by atoms with Crippen LogP contribution in [-0.4, -0.2) is 21.2 Å². The molecule has 0 saturated heterocycles. The quantitative estimate of drug-likeness (QED) is 0.783. The number of carbonyl (C=O) groups excluding carboxylic acids is 1. The lowest BCUT2D eigenvalue weighted by molar-refractivity contribution is 0.109. The number of carbonyl (C=O) groups is 1. The lowest BCUT2D eigenvalue weighted by atomic mass is 10.3. The first-order chi connectivity index (χ1) is 7.53. The van der Waals surface area contributed by atoms with Crippen molar-refractivity contribution in [2.75, 3.05) is 6.54 Å². The van der Waals surface area contributed by atoms with Crippen molar-refractivity contribution >= 4 is 16.3 Å². The lowest BCUT2D eigenvalue weighted by Crippen LogP contribution is -2.25. The molecule has 0 bridgehead atoms. The van der Waals surface area contributed by atoms with Crippen molar-refractivity contribution < 1.29 is 17.6 Å². The predicted molar refractivity (Wildman–Crippen MR) is 56.6 cm³/mol. The van der Waals surface area contributed by atoms with E-state index in [0.717, 1.165) is 6.42 Å². The average molecular weight is 243 g/mol. The van der Waals surface area contributed by atoms with E-state index in [-0.39, 0.29) is 10.9 Å². The summed E-state index contributed by atoms with van der Waals surface area (Å²) in [6, 6.07) is 2.61. The van der Waals surface area contributed by atoms with Crippen LogP contribution in [0.4, 0.5) is 0 Å². The highest BCUT2D eigenvalue weighted by Crippen LogP contribution is 2.37. The maximum atomic E-state index is 11.7. The molecule has 1 N–H and O–H groups in total. The summed E-state index contributed by atoms with van der Waals surface area (Å²) in [5.41, 5.74) is 0. The topological polar surface area (TPSA) is 76.4 Å². The highest BCUT2D eigenvalue weighted by atomic mass is 32.2. The summed E-state index contributed by atoms with van der Waals surface area (Å²) in [4.78, 5) is 10.4. The number of rotatable bonds is 5. The molecule has 2 rings (SSSR count). The monoisotopic (exact) mass is 243 g/mol. The highest BCUT2D eigenvalue weighted by Gasteiger charge is 2.33. The van der Waals surface area contributed by atoms with E-state index >= 15 is 0 Å². The Kier molecular flexibility index (Phi) is 2.86. The fourth-order valence-electron chi connectivity index (χ4n) is 1.51. The van der Waals surface area contributed by atoms with Crippen LogP contribution < -0.4 is 4.72 Å². The van der Waals surface area contributed by atoms with Gasteiger partial charge in [0.25, 0.3) is 10.0 Å². The summed E-state index contributed by atoms with van der Waals surface area (Å²) in [7, 11) is -3.60. The third-order valence-corrected chi connectivity index (χ3v) is 4.09. The molecule has 2 unspecified atom stereocenters. The van der Waals surface area contributed by atoms with E-state index in [1.165, 1.54) is 12.1 Å². The summed E-state index contributed by atoms with van der Waals surface area (Å²) in [6.45, 7) is 2.51. The predicted octanol–water partition coefficient (Wildman–Crippen LogP) is 1.03. The van der Waals surface area contributed by atoms with Gasteiger partial charge in [-0.05, 0) is 30.4 Å². The molecular weight excluding hydrogens is 230 g/mol. The fourth-order valence-corrected chi connectivity index (χ4v) is 2.54. The Morgan fingerprint density at radius 1 is 1.56 bits per heavy atom. The summed E-state index contributed by atoms with van der Waals surface area (Å²) in [5.74, 6) is 1.03. The molecule has 0 aliphatic heterocycles. The van der Waals surface area contributed by atoms with Crippen molar-refractivity contribution in [3.63, 3.8) is 0 Å². The normalized spacial score (nSPS) is 24.3. The molecule has 1 aliphatic rings. The summed E-state index contributed by atoms with van der Waals surface area (Å²) < 4.78 is 30.7. The van der Waals surface area contributed by atoms with Gasteiger partial charge in [0, 0.05) is 6.54 Å². The summed E-state index contributed by atoms with van der Waals surface area (Å²) in [6.07, 6.45) is 1.53. The average Bonchev–Trinajstić information content (AvgIpc) is 2.78. The SMILES string of the molecule is CC1CC1CNS(=O)(=O)c1ccc(C=O)o1. The Bertz CT molecular complexity index is 491. The molecule has 1 aliphatic carbocycles. The van der Waals surface area contributed by atoms with Gasteiger partial charge in [0.1, 0.15) is 0 Å². The number of sulfonamides is 1. The van der Waals surface area contributed by atoms with Gasteiger partial charge >= 0.3 is 0 Å². The second kappa shape index (κ2) is 4.03. The first kappa shape index (κ1) is 11.3. The zero-order valence-corrected chi connectivity index (χ0v) is 9.66. The number of aldehydes is 1. The first-order valence-corrected chi connectivity index (χ1v) is 6.56. The van der Waals surface area contributed by atoms with Crippen molar-refractivity contribution in [3.8, 4) is 0 Å². The molecule has 1 fully saturated rings. The van der Waals surface area contributed by atoms with Crippen LogP contribution in [0.2, 0.25) is 0 Å². The molecule has 1 aromatic heterocycles. The van der Waals surface area contributed by atoms with Gasteiger partial charge in [-0.15, -0.1) is 0 Å². The summed E-state index contributed by atoms with van der Waals surface area (Å²) >= 11 is 0. The van der Waals surface area contributed by atoms with Gasteiger partial charge < -0.3 is 4.42 Å². The van der Waals surface area contributed by atoms with Crippen LogP contribution in [-0.2, 0) is 10.0 Å². The van der Waals surface area contributed by atoms with Gasteiger partial charge in [0.15, 0.2) is 12.0 Å². The van der Waals surface area contributed by atoms with Gasteiger partial charge in [-0.25, -0.2) is 13.1 Å². The van der Waals surface area contributed by atoms with E-state index in [4.69, 9.17) is 4.42 Å². The van der Waals surface area contributed by atoms with Gasteiger partial charge in [0.05, 0.1) is 0 Å². The molecule has 88 valence electrons. The minimum absolute atomic E-state index is 0.0140. The largest absolute Gasteiger partial charge is 0.440 e. The van der Waals surface area contributed by atoms with Crippen molar-refractivity contribution in [2.24, 2.45) is 11.8 Å². The van der Waals surface area contributed by atoms with Crippen LogP contribution in [0, 0.1) is 11.8 Å². The third-order valence-electron chi connectivity index (χ3n) is 2.79. The van der Waals surface area contributed by atoms with Gasteiger partial charge in [-0.1, -0.05) is 6.92 Å². The second-order valence-corrected chi connectivity index (χ2v) is 5.80. The molecule has 6 heteroatoms. The minimum atomic E-state index is -3.60. The Balaban J connectivity index is 2.03. The van der Waals surface area contributed by atoms with Crippen molar-refractivity contribution in [1.29, 1.82) is 0 Å². The minimum Gasteiger partial charge on any atom is -0.440 e. The molecular formula is C10H13NO4S. The van der Waals surface area contributed by atoms with Gasteiger partial charge in [-0.3, -0.25) is 4.79 Å². The summed E-state index contributed by atoms with van der Waals surface area (Å²) in [5, 5.41) is -0.206. The zero-order valence-electron chi connectivity index (χ0n) is 8.84. The Labute approximate surface area is 93.9 Å². The maximum absolute atomic E-state index is 11.7. The number of furan rings is 1. The first-order valence-electron chi connectivity index (χ1n) is 5.07. The highest BCUT2D eigenvalue weighted by molar-refractivity contribution is 7.89. The molecule has 5 nitrogen and oxygen atoms in total. The molecule has 1 heterocycles. The van der Waals surface area contributed by atoms with Crippen LogP contribution in [0.3, 0.4) is 0 Å². The molecule has 16 heavy (non-hydrogen) atoms.